The van der Waals surface area contributed by atoms with E-state index in [-0.39, 0.29) is 24.2 Å². The Morgan fingerprint density at radius 3 is 2.12 bits per heavy atom. The fourth-order valence-electron chi connectivity index (χ4n) is 3.14. The van der Waals surface area contributed by atoms with Crippen molar-refractivity contribution in [2.75, 3.05) is 24.4 Å². The molecular formula is C26H26N2O6. The number of hydrogen-bond donors (Lipinski definition) is 2. The third kappa shape index (κ3) is 7.09. The molecule has 0 saturated carbocycles. The molecule has 3 aromatic rings. The minimum Gasteiger partial charge on any atom is -0.496 e. The Morgan fingerprint density at radius 1 is 0.824 bits per heavy atom. The Kier molecular flexibility index (Phi) is 8.62. The van der Waals surface area contributed by atoms with Gasteiger partial charge in [-0.1, -0.05) is 18.2 Å². The SMILES string of the molecule is CCOC(=O)Oc1ccc(C(=O)Nc2ccc(NC(=O)CCc3ccccc3OC)cc2)cc1. The summed E-state index contributed by atoms with van der Waals surface area (Å²) in [5.74, 6) is 0.599. The lowest BCUT2D eigenvalue weighted by molar-refractivity contribution is -0.116. The van der Waals surface area contributed by atoms with Crippen LogP contribution in [-0.2, 0) is 16.0 Å². The summed E-state index contributed by atoms with van der Waals surface area (Å²) in [6.07, 6.45) is 0.0779. The van der Waals surface area contributed by atoms with Gasteiger partial charge in [-0.3, -0.25) is 9.59 Å². The molecule has 0 saturated heterocycles. The average molecular weight is 463 g/mol. The number of nitrogens with one attached hydrogen (secondary N) is 2. The highest BCUT2D eigenvalue weighted by Crippen LogP contribution is 2.20. The molecule has 3 rings (SSSR count). The second kappa shape index (κ2) is 12.1. The monoisotopic (exact) mass is 462 g/mol. The molecule has 0 heterocycles. The Hall–Kier alpha value is -4.33. The number of para-hydroxylation sites is 1. The van der Waals surface area contributed by atoms with E-state index in [2.05, 4.69) is 10.6 Å². The molecule has 34 heavy (non-hydrogen) atoms. The van der Waals surface area contributed by atoms with Crippen LogP contribution >= 0.6 is 0 Å². The van der Waals surface area contributed by atoms with Crippen LogP contribution in [0, 0.1) is 0 Å². The predicted octanol–water partition coefficient (Wildman–Crippen LogP) is 5.05. The van der Waals surface area contributed by atoms with E-state index in [4.69, 9.17) is 14.2 Å². The molecule has 0 aliphatic rings. The van der Waals surface area contributed by atoms with Gasteiger partial charge in [0.1, 0.15) is 11.5 Å². The van der Waals surface area contributed by atoms with Crippen molar-refractivity contribution in [3.63, 3.8) is 0 Å². The number of methoxy groups -OCH3 is 1. The van der Waals surface area contributed by atoms with E-state index in [1.165, 1.54) is 12.1 Å². The molecule has 8 heteroatoms. The van der Waals surface area contributed by atoms with Crippen LogP contribution in [0.2, 0.25) is 0 Å². The van der Waals surface area contributed by atoms with Gasteiger partial charge in [0.25, 0.3) is 5.91 Å². The molecule has 176 valence electrons. The van der Waals surface area contributed by atoms with Crippen molar-refractivity contribution < 1.29 is 28.6 Å². The van der Waals surface area contributed by atoms with Crippen LogP contribution in [0.1, 0.15) is 29.3 Å². The first-order valence-corrected chi connectivity index (χ1v) is 10.8. The third-order valence-electron chi connectivity index (χ3n) is 4.82. The molecule has 0 unspecified atom stereocenters. The van der Waals surface area contributed by atoms with Gasteiger partial charge in [0.15, 0.2) is 0 Å². The van der Waals surface area contributed by atoms with E-state index in [9.17, 15) is 14.4 Å². The summed E-state index contributed by atoms with van der Waals surface area (Å²) in [6.45, 7) is 1.89. The summed E-state index contributed by atoms with van der Waals surface area (Å²) in [5.41, 5.74) is 2.57. The summed E-state index contributed by atoms with van der Waals surface area (Å²) in [7, 11) is 1.61. The molecular weight excluding hydrogens is 436 g/mol. The number of amides is 2. The summed E-state index contributed by atoms with van der Waals surface area (Å²) in [5, 5.41) is 5.63. The van der Waals surface area contributed by atoms with E-state index < -0.39 is 6.16 Å². The van der Waals surface area contributed by atoms with Crippen molar-refractivity contribution in [2.24, 2.45) is 0 Å². The van der Waals surface area contributed by atoms with Crippen LogP contribution in [0.3, 0.4) is 0 Å². The molecule has 0 atom stereocenters. The van der Waals surface area contributed by atoms with Crippen molar-refractivity contribution in [3.05, 3.63) is 83.9 Å². The van der Waals surface area contributed by atoms with Crippen molar-refractivity contribution >= 4 is 29.3 Å². The molecule has 0 aliphatic carbocycles. The number of aryl methyl sites for hydroxylation is 1. The minimum atomic E-state index is -0.799. The van der Waals surface area contributed by atoms with Crippen LogP contribution in [0.5, 0.6) is 11.5 Å². The fraction of sp³-hybridized carbons (Fsp3) is 0.192. The first-order valence-electron chi connectivity index (χ1n) is 10.8. The van der Waals surface area contributed by atoms with Gasteiger partial charge in [0.05, 0.1) is 13.7 Å². The summed E-state index contributed by atoms with van der Waals surface area (Å²) < 4.78 is 15.0. The number of carbonyl (C=O) groups is 3. The van der Waals surface area contributed by atoms with Crippen LogP contribution < -0.4 is 20.1 Å². The number of hydrogen-bond acceptors (Lipinski definition) is 6. The van der Waals surface area contributed by atoms with Crippen LogP contribution in [0.4, 0.5) is 16.2 Å². The van der Waals surface area contributed by atoms with E-state index in [0.29, 0.717) is 29.8 Å². The molecule has 0 spiro atoms. The van der Waals surface area contributed by atoms with Gasteiger partial charge in [0.2, 0.25) is 5.91 Å². The predicted molar refractivity (Wildman–Crippen MR) is 128 cm³/mol. The smallest absolute Gasteiger partial charge is 0.496 e. The van der Waals surface area contributed by atoms with Crippen molar-refractivity contribution in [1.82, 2.24) is 0 Å². The number of carbonyl (C=O) groups excluding carboxylic acids is 3. The standard InChI is InChI=1S/C26H26N2O6/c1-3-33-26(31)34-22-15-8-19(9-16-22)25(30)28-21-13-11-20(12-14-21)27-24(29)17-10-18-6-4-5-7-23(18)32-2/h4-9,11-16H,3,10,17H2,1-2H3,(H,27,29)(H,28,30). The lowest BCUT2D eigenvalue weighted by Crippen LogP contribution is -2.14. The summed E-state index contributed by atoms with van der Waals surface area (Å²) in [4.78, 5) is 36.1. The fourth-order valence-corrected chi connectivity index (χ4v) is 3.14. The molecule has 0 fully saturated rings. The van der Waals surface area contributed by atoms with Gasteiger partial charge in [-0.15, -0.1) is 0 Å². The van der Waals surface area contributed by atoms with Crippen LogP contribution in [0.25, 0.3) is 0 Å². The maximum atomic E-state index is 12.5. The average Bonchev–Trinajstić information content (AvgIpc) is 2.84. The maximum absolute atomic E-state index is 12.5. The topological polar surface area (TPSA) is 103 Å². The Labute approximate surface area is 197 Å². The molecule has 8 nitrogen and oxygen atoms in total. The van der Waals surface area contributed by atoms with Gasteiger partial charge in [0, 0.05) is 23.4 Å². The highest BCUT2D eigenvalue weighted by molar-refractivity contribution is 6.04. The normalized spacial score (nSPS) is 10.2. The molecule has 2 N–H and O–H groups in total. The van der Waals surface area contributed by atoms with Gasteiger partial charge in [-0.05, 0) is 73.5 Å². The van der Waals surface area contributed by atoms with Crippen molar-refractivity contribution in [3.8, 4) is 11.5 Å². The first-order chi connectivity index (χ1) is 16.5. The largest absolute Gasteiger partial charge is 0.513 e. The van der Waals surface area contributed by atoms with E-state index in [1.54, 1.807) is 50.4 Å². The van der Waals surface area contributed by atoms with Gasteiger partial charge in [-0.2, -0.15) is 0 Å². The van der Waals surface area contributed by atoms with E-state index in [0.717, 1.165) is 11.3 Å². The molecule has 0 aliphatic heterocycles. The van der Waals surface area contributed by atoms with Crippen molar-refractivity contribution in [1.29, 1.82) is 0 Å². The van der Waals surface area contributed by atoms with Crippen LogP contribution in [0.15, 0.2) is 72.8 Å². The highest BCUT2D eigenvalue weighted by atomic mass is 16.7. The molecule has 2 amide bonds. The Bertz CT molecular complexity index is 1130. The van der Waals surface area contributed by atoms with Gasteiger partial charge >= 0.3 is 6.16 Å². The van der Waals surface area contributed by atoms with Crippen LogP contribution in [-0.4, -0.2) is 31.7 Å². The van der Waals surface area contributed by atoms with Gasteiger partial charge in [-0.25, -0.2) is 4.79 Å². The zero-order valence-electron chi connectivity index (χ0n) is 19.0. The number of anilines is 2. The maximum Gasteiger partial charge on any atom is 0.513 e. The highest BCUT2D eigenvalue weighted by Gasteiger charge is 2.10. The Morgan fingerprint density at radius 2 is 1.47 bits per heavy atom. The molecule has 0 radical (unpaired) electrons. The van der Waals surface area contributed by atoms with E-state index >= 15 is 0 Å². The molecule has 0 aromatic heterocycles. The number of benzene rings is 3. The number of ether oxygens (including phenoxy) is 3. The second-order valence-corrected chi connectivity index (χ2v) is 7.20. The quantitative estimate of drug-likeness (QED) is 0.341. The zero-order chi connectivity index (χ0) is 24.3. The Balaban J connectivity index is 1.49. The molecule has 3 aromatic carbocycles. The van der Waals surface area contributed by atoms with E-state index in [1.807, 2.05) is 24.3 Å². The van der Waals surface area contributed by atoms with Gasteiger partial charge < -0.3 is 24.8 Å². The lowest BCUT2D eigenvalue weighted by Gasteiger charge is -2.10. The summed E-state index contributed by atoms with van der Waals surface area (Å²) >= 11 is 0. The zero-order valence-corrected chi connectivity index (χ0v) is 19.0. The minimum absolute atomic E-state index is 0.118. The lowest BCUT2D eigenvalue weighted by atomic mass is 10.1. The van der Waals surface area contributed by atoms with Crippen molar-refractivity contribution in [2.45, 2.75) is 19.8 Å². The first kappa shape index (κ1) is 24.3. The third-order valence-corrected chi connectivity index (χ3v) is 4.82. The number of rotatable bonds is 9. The molecule has 0 bridgehead atoms. The second-order valence-electron chi connectivity index (χ2n) is 7.20. The summed E-state index contributed by atoms with van der Waals surface area (Å²) in [6, 6.07) is 20.5.